The molecule has 0 bridgehead atoms. The normalized spacial score (nSPS) is 20.3. The van der Waals surface area contributed by atoms with E-state index in [9.17, 15) is 13.6 Å². The van der Waals surface area contributed by atoms with Gasteiger partial charge in [-0.2, -0.15) is 5.26 Å². The van der Waals surface area contributed by atoms with Crippen molar-refractivity contribution in [1.82, 2.24) is 4.90 Å². The summed E-state index contributed by atoms with van der Waals surface area (Å²) in [6, 6.07) is 11.1. The molecule has 3 nitrogen and oxygen atoms in total. The molecule has 0 aromatic heterocycles. The van der Waals surface area contributed by atoms with Crippen LogP contribution in [-0.2, 0) is 17.6 Å². The molecule has 2 aromatic rings. The van der Waals surface area contributed by atoms with Crippen LogP contribution in [0.3, 0.4) is 0 Å². The van der Waals surface area contributed by atoms with E-state index in [2.05, 4.69) is 13.0 Å². The van der Waals surface area contributed by atoms with Crippen LogP contribution in [0.1, 0.15) is 62.1 Å². The third-order valence-electron chi connectivity index (χ3n) is 7.93. The van der Waals surface area contributed by atoms with Gasteiger partial charge in [-0.1, -0.05) is 37.4 Å². The second kappa shape index (κ2) is 10.4. The molecule has 4 rings (SSSR count). The standard InChI is InChI=1S/C28H31ClF2N2O/c1-28(16-22-15-24(30)8-9-26(22)31,12-10-19-6-7-21(17-32)25(29)14-19)23-11-13-33(18-23)27(34)20-4-2-3-5-20/h6-9,14-15,20,23H,2-5,10-13,16,18H2,1H3/t23?,28-/m1/s1. The van der Waals surface area contributed by atoms with E-state index < -0.39 is 11.6 Å². The van der Waals surface area contributed by atoms with Gasteiger partial charge in [-0.3, -0.25) is 4.79 Å². The molecule has 0 radical (unpaired) electrons. The van der Waals surface area contributed by atoms with Crippen molar-refractivity contribution in [3.05, 3.63) is 69.7 Å². The van der Waals surface area contributed by atoms with Crippen LogP contribution in [-0.4, -0.2) is 23.9 Å². The van der Waals surface area contributed by atoms with Gasteiger partial charge in [0.1, 0.15) is 17.7 Å². The number of amides is 1. The Labute approximate surface area is 205 Å². The maximum atomic E-state index is 14.6. The smallest absolute Gasteiger partial charge is 0.225 e. The number of likely N-dealkylation sites (tertiary alicyclic amines) is 1. The minimum Gasteiger partial charge on any atom is -0.342 e. The van der Waals surface area contributed by atoms with Gasteiger partial charge in [0.25, 0.3) is 0 Å². The SMILES string of the molecule is C[C@@](CCc1ccc(C#N)c(Cl)c1)(Cc1cc(F)ccc1F)C1CCN(C(=O)C2CCCC2)C1. The first kappa shape index (κ1) is 24.7. The summed E-state index contributed by atoms with van der Waals surface area (Å²) in [6.45, 7) is 3.53. The van der Waals surface area contributed by atoms with Crippen molar-refractivity contribution in [3.63, 3.8) is 0 Å². The van der Waals surface area contributed by atoms with Crippen molar-refractivity contribution in [1.29, 1.82) is 5.26 Å². The van der Waals surface area contributed by atoms with Crippen molar-refractivity contribution in [2.24, 2.45) is 17.3 Å². The molecule has 1 amide bonds. The second-order valence-corrected chi connectivity index (χ2v) is 10.7. The van der Waals surface area contributed by atoms with Crippen LogP contribution in [0.4, 0.5) is 8.78 Å². The average Bonchev–Trinajstić information content (AvgIpc) is 3.53. The lowest BCUT2D eigenvalue weighted by atomic mass is 9.69. The molecule has 1 unspecified atom stereocenters. The molecule has 1 saturated carbocycles. The van der Waals surface area contributed by atoms with Crippen LogP contribution < -0.4 is 0 Å². The largest absolute Gasteiger partial charge is 0.342 e. The molecule has 0 spiro atoms. The highest BCUT2D eigenvalue weighted by molar-refractivity contribution is 6.31. The minimum absolute atomic E-state index is 0.145. The number of benzene rings is 2. The number of hydrogen-bond donors (Lipinski definition) is 0. The predicted octanol–water partition coefficient (Wildman–Crippen LogP) is 6.71. The van der Waals surface area contributed by atoms with E-state index in [1.54, 1.807) is 6.07 Å². The summed E-state index contributed by atoms with van der Waals surface area (Å²) in [4.78, 5) is 15.0. The maximum absolute atomic E-state index is 14.6. The Hall–Kier alpha value is -2.45. The lowest BCUT2D eigenvalue weighted by molar-refractivity contribution is -0.134. The number of carbonyl (C=O) groups excluding carboxylic acids is 1. The molecule has 2 fully saturated rings. The first-order valence-electron chi connectivity index (χ1n) is 12.2. The number of nitrogens with zero attached hydrogens (tertiary/aromatic N) is 2. The van der Waals surface area contributed by atoms with Gasteiger partial charge >= 0.3 is 0 Å². The Morgan fingerprint density at radius 1 is 1.18 bits per heavy atom. The topological polar surface area (TPSA) is 44.1 Å². The van der Waals surface area contributed by atoms with E-state index >= 15 is 0 Å². The van der Waals surface area contributed by atoms with E-state index in [-0.39, 0.29) is 23.2 Å². The fraction of sp³-hybridized carbons (Fsp3) is 0.500. The Kier molecular flexibility index (Phi) is 7.57. The molecule has 0 N–H and O–H groups in total. The summed E-state index contributed by atoms with van der Waals surface area (Å²) in [5.41, 5.74) is 1.49. The summed E-state index contributed by atoms with van der Waals surface area (Å²) in [6.07, 6.45) is 6.90. The van der Waals surface area contributed by atoms with Crippen molar-refractivity contribution >= 4 is 17.5 Å². The zero-order chi connectivity index (χ0) is 24.3. The van der Waals surface area contributed by atoms with Crippen molar-refractivity contribution in [3.8, 4) is 6.07 Å². The lowest BCUT2D eigenvalue weighted by Crippen LogP contribution is -2.37. The number of halogens is 3. The van der Waals surface area contributed by atoms with Crippen LogP contribution in [0.2, 0.25) is 5.02 Å². The molecule has 1 aliphatic heterocycles. The molecule has 2 atom stereocenters. The summed E-state index contributed by atoms with van der Waals surface area (Å²) in [5, 5.41) is 9.56. The second-order valence-electron chi connectivity index (χ2n) is 10.2. The average molecular weight is 485 g/mol. The van der Waals surface area contributed by atoms with Gasteiger partial charge in [0.15, 0.2) is 0 Å². The summed E-state index contributed by atoms with van der Waals surface area (Å²) in [7, 11) is 0. The number of aryl methyl sites for hydroxylation is 1. The molecule has 1 heterocycles. The molecule has 2 aliphatic rings. The molecule has 1 aliphatic carbocycles. The number of rotatable bonds is 7. The van der Waals surface area contributed by atoms with E-state index in [1.807, 2.05) is 17.0 Å². The van der Waals surface area contributed by atoms with Crippen LogP contribution in [0.25, 0.3) is 0 Å². The maximum Gasteiger partial charge on any atom is 0.225 e. The Balaban J connectivity index is 1.54. The third kappa shape index (κ3) is 5.44. The van der Waals surface area contributed by atoms with Gasteiger partial charge < -0.3 is 4.90 Å². The van der Waals surface area contributed by atoms with Gasteiger partial charge in [-0.15, -0.1) is 0 Å². The monoisotopic (exact) mass is 484 g/mol. The Morgan fingerprint density at radius 3 is 2.65 bits per heavy atom. The fourth-order valence-electron chi connectivity index (χ4n) is 5.75. The van der Waals surface area contributed by atoms with Gasteiger partial charge in [-0.05, 0) is 91.3 Å². The van der Waals surface area contributed by atoms with Gasteiger partial charge in [0, 0.05) is 19.0 Å². The van der Waals surface area contributed by atoms with Crippen LogP contribution in [0.5, 0.6) is 0 Å². The van der Waals surface area contributed by atoms with E-state index in [0.29, 0.717) is 35.5 Å². The molecule has 6 heteroatoms. The van der Waals surface area contributed by atoms with Gasteiger partial charge in [0.05, 0.1) is 10.6 Å². The van der Waals surface area contributed by atoms with Crippen LogP contribution in [0.15, 0.2) is 36.4 Å². The zero-order valence-electron chi connectivity index (χ0n) is 19.6. The number of nitriles is 1. The zero-order valence-corrected chi connectivity index (χ0v) is 20.4. The lowest BCUT2D eigenvalue weighted by Gasteiger charge is -2.36. The highest BCUT2D eigenvalue weighted by atomic mass is 35.5. The molecule has 1 saturated heterocycles. The summed E-state index contributed by atoms with van der Waals surface area (Å²) in [5.74, 6) is -0.244. The van der Waals surface area contributed by atoms with Gasteiger partial charge in [0.2, 0.25) is 5.91 Å². The predicted molar refractivity (Wildman–Crippen MR) is 129 cm³/mol. The number of carbonyl (C=O) groups is 1. The van der Waals surface area contributed by atoms with Gasteiger partial charge in [-0.25, -0.2) is 8.78 Å². The van der Waals surface area contributed by atoms with Crippen LogP contribution >= 0.6 is 11.6 Å². The minimum atomic E-state index is -0.443. The molecule has 2 aromatic carbocycles. The molecule has 34 heavy (non-hydrogen) atoms. The number of hydrogen-bond acceptors (Lipinski definition) is 2. The summed E-state index contributed by atoms with van der Waals surface area (Å²) < 4.78 is 28.6. The van der Waals surface area contributed by atoms with Crippen LogP contribution in [0, 0.1) is 40.2 Å². The molecular weight excluding hydrogens is 454 g/mol. The van der Waals surface area contributed by atoms with Crippen molar-refractivity contribution < 1.29 is 13.6 Å². The van der Waals surface area contributed by atoms with E-state index in [1.165, 1.54) is 12.1 Å². The Bertz CT molecular complexity index is 1090. The quantitative estimate of drug-likeness (QED) is 0.438. The van der Waals surface area contributed by atoms with E-state index in [0.717, 1.165) is 56.7 Å². The highest BCUT2D eigenvalue weighted by Gasteiger charge is 2.41. The van der Waals surface area contributed by atoms with Crippen molar-refractivity contribution in [2.75, 3.05) is 13.1 Å². The van der Waals surface area contributed by atoms with E-state index in [4.69, 9.17) is 16.9 Å². The first-order valence-corrected chi connectivity index (χ1v) is 12.6. The fourth-order valence-corrected chi connectivity index (χ4v) is 5.99. The first-order chi connectivity index (χ1) is 16.3. The molecular formula is C28H31ClF2N2O. The highest BCUT2D eigenvalue weighted by Crippen LogP contribution is 2.43. The summed E-state index contributed by atoms with van der Waals surface area (Å²) >= 11 is 6.23. The third-order valence-corrected chi connectivity index (χ3v) is 8.24. The van der Waals surface area contributed by atoms with Crippen molar-refractivity contribution in [2.45, 2.75) is 58.3 Å². The Morgan fingerprint density at radius 2 is 1.94 bits per heavy atom. The molecule has 180 valence electrons.